The third-order valence-electron chi connectivity index (χ3n) is 2.59. The maximum absolute atomic E-state index is 13.2. The molecule has 2 rings (SSSR count). The Balaban J connectivity index is 1.98. The second-order valence-corrected chi connectivity index (χ2v) is 3.99. The van der Waals surface area contributed by atoms with Gasteiger partial charge in [-0.05, 0) is 30.2 Å². The van der Waals surface area contributed by atoms with Gasteiger partial charge in [0.15, 0.2) is 0 Å². The van der Waals surface area contributed by atoms with Crippen LogP contribution in [0.25, 0.3) is 0 Å². The maximum Gasteiger partial charge on any atom is 0.274 e. The van der Waals surface area contributed by atoms with Crippen molar-refractivity contribution >= 4 is 11.4 Å². The summed E-state index contributed by atoms with van der Waals surface area (Å²) in [5.74, 6) is -0.624. The Morgan fingerprint density at radius 3 is 2.68 bits per heavy atom. The molecule has 0 saturated heterocycles. The van der Waals surface area contributed by atoms with E-state index in [1.807, 2.05) is 12.1 Å². The van der Waals surface area contributed by atoms with E-state index in [1.54, 1.807) is 12.4 Å². The average Bonchev–Trinajstić information content (AvgIpc) is 2.39. The number of anilines is 1. The first kappa shape index (κ1) is 12.9. The van der Waals surface area contributed by atoms with Crippen molar-refractivity contribution in [3.05, 3.63) is 64.2 Å². The highest BCUT2D eigenvalue weighted by Crippen LogP contribution is 2.19. The lowest BCUT2D eigenvalue weighted by Crippen LogP contribution is -2.05. The van der Waals surface area contributed by atoms with E-state index in [-0.39, 0.29) is 5.69 Å². The second kappa shape index (κ2) is 5.90. The lowest BCUT2D eigenvalue weighted by molar-refractivity contribution is -0.385. The molecule has 19 heavy (non-hydrogen) atoms. The second-order valence-electron chi connectivity index (χ2n) is 3.99. The molecule has 0 spiro atoms. The van der Waals surface area contributed by atoms with Crippen LogP contribution in [0.5, 0.6) is 0 Å². The van der Waals surface area contributed by atoms with Crippen LogP contribution in [0.1, 0.15) is 5.56 Å². The predicted octanol–water partition coefficient (Wildman–Crippen LogP) is 2.78. The highest BCUT2D eigenvalue weighted by atomic mass is 19.1. The van der Waals surface area contributed by atoms with Crippen molar-refractivity contribution in [2.24, 2.45) is 0 Å². The summed E-state index contributed by atoms with van der Waals surface area (Å²) < 4.78 is 13.2. The van der Waals surface area contributed by atoms with E-state index in [0.717, 1.165) is 18.1 Å². The Labute approximate surface area is 109 Å². The molecule has 0 bridgehead atoms. The highest BCUT2D eigenvalue weighted by molar-refractivity contribution is 5.51. The Morgan fingerprint density at radius 1 is 1.26 bits per heavy atom. The highest BCUT2D eigenvalue weighted by Gasteiger charge is 2.09. The van der Waals surface area contributed by atoms with E-state index >= 15 is 0 Å². The van der Waals surface area contributed by atoms with Gasteiger partial charge in [-0.25, -0.2) is 4.39 Å². The van der Waals surface area contributed by atoms with Gasteiger partial charge in [-0.15, -0.1) is 0 Å². The fourth-order valence-electron chi connectivity index (χ4n) is 1.68. The molecule has 0 aliphatic rings. The summed E-state index contributed by atoms with van der Waals surface area (Å²) in [5, 5.41) is 13.6. The summed E-state index contributed by atoms with van der Waals surface area (Å²) >= 11 is 0. The fourth-order valence-corrected chi connectivity index (χ4v) is 1.68. The van der Waals surface area contributed by atoms with Crippen LogP contribution < -0.4 is 5.32 Å². The van der Waals surface area contributed by atoms with Gasteiger partial charge >= 0.3 is 0 Å². The number of hydrogen-bond donors (Lipinski definition) is 1. The van der Waals surface area contributed by atoms with E-state index in [9.17, 15) is 14.5 Å². The number of nitrogens with zero attached hydrogens (tertiary/aromatic N) is 2. The molecule has 0 unspecified atom stereocenters. The number of aromatic nitrogens is 1. The Hall–Kier alpha value is -2.50. The quantitative estimate of drug-likeness (QED) is 0.663. The zero-order valence-corrected chi connectivity index (χ0v) is 10.0. The Morgan fingerprint density at radius 2 is 2.00 bits per heavy atom. The lowest BCUT2D eigenvalue weighted by Gasteiger charge is -2.06. The molecule has 0 aliphatic carbocycles. The molecule has 0 aliphatic heterocycles. The summed E-state index contributed by atoms with van der Waals surface area (Å²) in [6.07, 6.45) is 4.12. The summed E-state index contributed by atoms with van der Waals surface area (Å²) in [6.45, 7) is 0.560. The summed E-state index contributed by atoms with van der Waals surface area (Å²) in [5.41, 5.74) is 1.24. The van der Waals surface area contributed by atoms with E-state index in [0.29, 0.717) is 12.2 Å². The van der Waals surface area contributed by atoms with Gasteiger partial charge < -0.3 is 5.32 Å². The van der Waals surface area contributed by atoms with Crippen molar-refractivity contribution in [1.82, 2.24) is 4.98 Å². The standard InChI is InChI=1S/C13H12FN3O2/c14-11-7-12(9-13(8-11)17(18)19)16-6-3-10-1-4-15-5-2-10/h1-2,4-5,7-9,16H,3,6H2. The first-order valence-electron chi connectivity index (χ1n) is 5.73. The van der Waals surface area contributed by atoms with E-state index in [1.165, 1.54) is 12.1 Å². The molecule has 0 fully saturated rings. The zero-order chi connectivity index (χ0) is 13.7. The molecule has 0 saturated carbocycles. The number of nitrogens with one attached hydrogen (secondary N) is 1. The van der Waals surface area contributed by atoms with Crippen molar-refractivity contribution in [1.29, 1.82) is 0 Å². The van der Waals surface area contributed by atoms with Crippen LogP contribution in [0.15, 0.2) is 42.7 Å². The molecule has 2 aromatic rings. The van der Waals surface area contributed by atoms with Crippen molar-refractivity contribution in [3.8, 4) is 0 Å². The summed E-state index contributed by atoms with van der Waals surface area (Å²) in [7, 11) is 0. The van der Waals surface area contributed by atoms with E-state index in [4.69, 9.17) is 0 Å². The largest absolute Gasteiger partial charge is 0.384 e. The fraction of sp³-hybridized carbons (Fsp3) is 0.154. The molecule has 98 valence electrons. The van der Waals surface area contributed by atoms with Crippen LogP contribution in [-0.2, 0) is 6.42 Å². The van der Waals surface area contributed by atoms with Crippen LogP contribution >= 0.6 is 0 Å². The molecule has 6 heteroatoms. The van der Waals surface area contributed by atoms with Gasteiger partial charge in [-0.2, -0.15) is 0 Å². The molecule has 1 aromatic heterocycles. The number of nitro benzene ring substituents is 1. The van der Waals surface area contributed by atoms with Gasteiger partial charge in [-0.1, -0.05) is 0 Å². The molecule has 0 atom stereocenters. The van der Waals surface area contributed by atoms with Crippen molar-refractivity contribution < 1.29 is 9.31 Å². The molecule has 0 amide bonds. The minimum Gasteiger partial charge on any atom is -0.384 e. The normalized spacial score (nSPS) is 10.2. The minimum absolute atomic E-state index is 0.258. The monoisotopic (exact) mass is 261 g/mol. The number of halogens is 1. The number of pyridine rings is 1. The average molecular weight is 261 g/mol. The van der Waals surface area contributed by atoms with Crippen LogP contribution in [0.4, 0.5) is 15.8 Å². The van der Waals surface area contributed by atoms with E-state index in [2.05, 4.69) is 10.3 Å². The number of benzene rings is 1. The number of hydrogen-bond acceptors (Lipinski definition) is 4. The Bertz CT molecular complexity index is 575. The third-order valence-corrected chi connectivity index (χ3v) is 2.59. The SMILES string of the molecule is O=[N+]([O-])c1cc(F)cc(NCCc2ccncc2)c1. The summed E-state index contributed by atoms with van der Waals surface area (Å²) in [6, 6.07) is 7.22. The maximum atomic E-state index is 13.2. The van der Waals surface area contributed by atoms with Gasteiger partial charge in [0.2, 0.25) is 0 Å². The molecular weight excluding hydrogens is 249 g/mol. The van der Waals surface area contributed by atoms with Crippen LogP contribution in [0, 0.1) is 15.9 Å². The topological polar surface area (TPSA) is 68.1 Å². The van der Waals surface area contributed by atoms with Gasteiger partial charge in [0.05, 0.1) is 11.0 Å². The number of rotatable bonds is 5. The molecule has 0 radical (unpaired) electrons. The molecule has 1 aromatic carbocycles. The van der Waals surface area contributed by atoms with Crippen molar-refractivity contribution in [2.45, 2.75) is 6.42 Å². The predicted molar refractivity (Wildman–Crippen MR) is 69.5 cm³/mol. The minimum atomic E-state index is -0.624. The molecule has 5 nitrogen and oxygen atoms in total. The van der Waals surface area contributed by atoms with Gasteiger partial charge in [0.1, 0.15) is 5.82 Å². The molecule has 1 heterocycles. The first-order valence-corrected chi connectivity index (χ1v) is 5.73. The number of non-ortho nitro benzene ring substituents is 1. The van der Waals surface area contributed by atoms with Crippen LogP contribution in [0.3, 0.4) is 0 Å². The van der Waals surface area contributed by atoms with Gasteiger partial charge in [0.25, 0.3) is 5.69 Å². The Kier molecular flexibility index (Phi) is 4.02. The summed E-state index contributed by atoms with van der Waals surface area (Å²) in [4.78, 5) is 13.9. The molecular formula is C13H12FN3O2. The lowest BCUT2D eigenvalue weighted by atomic mass is 10.2. The molecule has 1 N–H and O–H groups in total. The van der Waals surface area contributed by atoms with Crippen LogP contribution in [-0.4, -0.2) is 16.5 Å². The zero-order valence-electron chi connectivity index (χ0n) is 10.0. The first-order chi connectivity index (χ1) is 9.15. The number of nitro groups is 1. The van der Waals surface area contributed by atoms with Crippen LogP contribution in [0.2, 0.25) is 0 Å². The van der Waals surface area contributed by atoms with E-state index < -0.39 is 10.7 Å². The van der Waals surface area contributed by atoms with Gasteiger partial charge in [0, 0.05) is 30.7 Å². The van der Waals surface area contributed by atoms with Gasteiger partial charge in [-0.3, -0.25) is 15.1 Å². The smallest absolute Gasteiger partial charge is 0.274 e. The van der Waals surface area contributed by atoms with Crippen molar-refractivity contribution in [2.75, 3.05) is 11.9 Å². The van der Waals surface area contributed by atoms with Crippen molar-refractivity contribution in [3.63, 3.8) is 0 Å². The third kappa shape index (κ3) is 3.74.